The normalized spacial score (nSPS) is 12.6. The monoisotopic (exact) mass is 108 g/mol. The summed E-state index contributed by atoms with van der Waals surface area (Å²) >= 11 is 0. The Bertz CT molecular complexity index is 133. The van der Waals surface area contributed by atoms with Crippen molar-refractivity contribution in [3.63, 3.8) is 0 Å². The van der Waals surface area contributed by atoms with Crippen LogP contribution in [0.25, 0.3) is 0 Å². The van der Waals surface area contributed by atoms with Crippen LogP contribution in [0.15, 0.2) is 23.4 Å². The molecule has 0 aromatic heterocycles. The van der Waals surface area contributed by atoms with Gasteiger partial charge in [-0.15, -0.1) is 0 Å². The Morgan fingerprint density at radius 2 is 1.88 bits per heavy atom. The fourth-order valence-electron chi connectivity index (χ4n) is 0.246. The molecule has 0 saturated carbocycles. The van der Waals surface area contributed by atoms with Gasteiger partial charge >= 0.3 is 0 Å². The second-order valence-electron chi connectivity index (χ2n) is 1.65. The zero-order chi connectivity index (χ0) is 6.73. The maximum atomic E-state index is 5.29. The van der Waals surface area contributed by atoms with Crippen LogP contribution >= 0.6 is 0 Å². The molecule has 0 aliphatic heterocycles. The highest BCUT2D eigenvalue weighted by Crippen LogP contribution is 1.97. The van der Waals surface area contributed by atoms with E-state index < -0.39 is 0 Å². The predicted molar refractivity (Wildman–Crippen MR) is 36.0 cm³/mol. The van der Waals surface area contributed by atoms with E-state index in [9.17, 15) is 0 Å². The van der Waals surface area contributed by atoms with Gasteiger partial charge in [0.15, 0.2) is 0 Å². The van der Waals surface area contributed by atoms with E-state index >= 15 is 0 Å². The lowest BCUT2D eigenvalue weighted by Crippen LogP contribution is -2.09. The summed E-state index contributed by atoms with van der Waals surface area (Å²) in [5.41, 5.74) is 11.6. The number of nitrogens with two attached hydrogens (primary N) is 2. The van der Waals surface area contributed by atoms with Crippen LogP contribution in [0, 0.1) is 0 Å². The molecular weight excluding hydrogens is 98.9 g/mol. The van der Waals surface area contributed by atoms with Crippen molar-refractivity contribution < 1.29 is 0 Å². The van der Waals surface area contributed by atoms with Gasteiger partial charge in [-0.3, -0.25) is 0 Å². The van der Waals surface area contributed by atoms with Crippen LogP contribution in [-0.4, -0.2) is 7.85 Å². The summed E-state index contributed by atoms with van der Waals surface area (Å²) in [5, 5.41) is 0. The summed E-state index contributed by atoms with van der Waals surface area (Å²) < 4.78 is 0. The van der Waals surface area contributed by atoms with Gasteiger partial charge in [0.1, 0.15) is 7.85 Å². The molecule has 0 saturated heterocycles. The maximum Gasteiger partial charge on any atom is 0.140 e. The van der Waals surface area contributed by atoms with E-state index in [1.54, 1.807) is 6.92 Å². The minimum absolute atomic E-state index is 0.137. The van der Waals surface area contributed by atoms with Gasteiger partial charge in [-0.05, 0) is 18.1 Å². The third-order valence-corrected chi connectivity index (χ3v) is 0.771. The van der Waals surface area contributed by atoms with Gasteiger partial charge in [0.25, 0.3) is 0 Å². The summed E-state index contributed by atoms with van der Waals surface area (Å²) in [5.74, 6) is 0. The fraction of sp³-hybridized carbons (Fsp3) is 0.200. The van der Waals surface area contributed by atoms with E-state index in [4.69, 9.17) is 19.3 Å². The quantitative estimate of drug-likeness (QED) is 0.361. The van der Waals surface area contributed by atoms with Crippen molar-refractivity contribution >= 4 is 7.85 Å². The van der Waals surface area contributed by atoms with E-state index in [1.165, 1.54) is 0 Å². The zero-order valence-corrected chi connectivity index (χ0v) is 4.94. The second kappa shape index (κ2) is 2.45. The zero-order valence-electron chi connectivity index (χ0n) is 4.94. The Balaban J connectivity index is 4.23. The van der Waals surface area contributed by atoms with Gasteiger partial charge in [-0.25, -0.2) is 0 Å². The SMILES string of the molecule is [B]/C(N)=C(\N)C(=C)C. The molecule has 0 spiro atoms. The van der Waals surface area contributed by atoms with Gasteiger partial charge in [-0.2, -0.15) is 0 Å². The van der Waals surface area contributed by atoms with Crippen molar-refractivity contribution in [3.05, 3.63) is 23.4 Å². The summed E-state index contributed by atoms with van der Waals surface area (Å²) in [6, 6.07) is 0. The van der Waals surface area contributed by atoms with Crippen LogP contribution in [0.1, 0.15) is 6.92 Å². The molecule has 0 bridgehead atoms. The molecule has 2 radical (unpaired) electrons. The third kappa shape index (κ3) is 1.73. The van der Waals surface area contributed by atoms with Gasteiger partial charge < -0.3 is 11.5 Å². The van der Waals surface area contributed by atoms with Gasteiger partial charge in [0, 0.05) is 5.70 Å². The Labute approximate surface area is 50.7 Å². The molecule has 2 nitrogen and oxygen atoms in total. The van der Waals surface area contributed by atoms with E-state index in [0.29, 0.717) is 11.3 Å². The van der Waals surface area contributed by atoms with Crippen LogP contribution in [0.3, 0.4) is 0 Å². The minimum Gasteiger partial charge on any atom is -0.409 e. The van der Waals surface area contributed by atoms with Crippen LogP contribution in [0.2, 0.25) is 0 Å². The average molecular weight is 108 g/mol. The second-order valence-corrected chi connectivity index (χ2v) is 1.65. The lowest BCUT2D eigenvalue weighted by Gasteiger charge is -2.00. The molecule has 0 amide bonds. The van der Waals surface area contributed by atoms with E-state index in [-0.39, 0.29) is 5.60 Å². The topological polar surface area (TPSA) is 52.0 Å². The largest absolute Gasteiger partial charge is 0.409 e. The lowest BCUT2D eigenvalue weighted by atomic mass is 10.0. The van der Waals surface area contributed by atoms with Crippen LogP contribution in [0.4, 0.5) is 0 Å². The highest BCUT2D eigenvalue weighted by Gasteiger charge is 1.90. The van der Waals surface area contributed by atoms with Crippen molar-refractivity contribution in [2.75, 3.05) is 0 Å². The molecule has 3 heteroatoms. The van der Waals surface area contributed by atoms with Crippen molar-refractivity contribution in [2.45, 2.75) is 6.92 Å². The van der Waals surface area contributed by atoms with Gasteiger partial charge in [0.05, 0.1) is 0 Å². The summed E-state index contributed by atoms with van der Waals surface area (Å²) in [4.78, 5) is 0. The molecule has 0 fully saturated rings. The van der Waals surface area contributed by atoms with E-state index in [0.717, 1.165) is 0 Å². The Morgan fingerprint density at radius 3 is 1.88 bits per heavy atom. The highest BCUT2D eigenvalue weighted by atomic mass is 14.7. The number of hydrogen-bond acceptors (Lipinski definition) is 2. The average Bonchev–Trinajstić information content (AvgIpc) is 1.64. The molecule has 42 valence electrons. The number of hydrogen-bond donors (Lipinski definition) is 2. The Hall–Kier alpha value is -0.855. The van der Waals surface area contributed by atoms with Crippen molar-refractivity contribution in [2.24, 2.45) is 11.5 Å². The smallest absolute Gasteiger partial charge is 0.140 e. The van der Waals surface area contributed by atoms with Crippen LogP contribution in [-0.2, 0) is 0 Å². The van der Waals surface area contributed by atoms with E-state index in [2.05, 4.69) is 6.58 Å². The minimum atomic E-state index is 0.137. The number of allylic oxidation sites excluding steroid dienone is 1. The molecular formula is C5H9BN2. The lowest BCUT2D eigenvalue weighted by molar-refractivity contribution is 1.25. The third-order valence-electron chi connectivity index (χ3n) is 0.771. The fourth-order valence-corrected chi connectivity index (χ4v) is 0.246. The maximum absolute atomic E-state index is 5.29. The molecule has 0 unspecified atom stereocenters. The van der Waals surface area contributed by atoms with Crippen LogP contribution in [0.5, 0.6) is 0 Å². The standard InChI is InChI=1S/C5H9BN2/c1-3(2)4(7)5(6)8/h1,7-8H2,2H3/b5-4+. The molecule has 8 heavy (non-hydrogen) atoms. The first-order chi connectivity index (χ1) is 3.55. The molecule has 0 aromatic rings. The van der Waals surface area contributed by atoms with E-state index in [1.807, 2.05) is 0 Å². The summed E-state index contributed by atoms with van der Waals surface area (Å²) in [6.07, 6.45) is 0. The summed E-state index contributed by atoms with van der Waals surface area (Å²) in [7, 11) is 5.11. The first-order valence-electron chi connectivity index (χ1n) is 2.22. The molecule has 4 N–H and O–H groups in total. The van der Waals surface area contributed by atoms with Gasteiger partial charge in [0.2, 0.25) is 0 Å². The molecule has 0 rings (SSSR count). The first kappa shape index (κ1) is 7.14. The molecule has 0 aromatic carbocycles. The number of rotatable bonds is 1. The molecule has 0 aliphatic rings. The summed E-state index contributed by atoms with van der Waals surface area (Å²) in [6.45, 7) is 5.28. The van der Waals surface area contributed by atoms with Crippen molar-refractivity contribution in [3.8, 4) is 0 Å². The first-order valence-corrected chi connectivity index (χ1v) is 2.22. The Kier molecular flexibility index (Phi) is 2.19. The molecule has 0 atom stereocenters. The van der Waals surface area contributed by atoms with Crippen molar-refractivity contribution in [1.29, 1.82) is 0 Å². The molecule has 0 aliphatic carbocycles. The predicted octanol–water partition coefficient (Wildman–Crippen LogP) is -0.183. The van der Waals surface area contributed by atoms with Crippen LogP contribution < -0.4 is 11.5 Å². The van der Waals surface area contributed by atoms with Gasteiger partial charge in [-0.1, -0.05) is 6.58 Å². The highest BCUT2D eigenvalue weighted by molar-refractivity contribution is 6.21. The van der Waals surface area contributed by atoms with Crippen molar-refractivity contribution in [1.82, 2.24) is 0 Å². The Morgan fingerprint density at radius 1 is 1.50 bits per heavy atom. The molecule has 0 heterocycles.